The minimum atomic E-state index is -1.14. The van der Waals surface area contributed by atoms with Crippen LogP contribution in [0.25, 0.3) is 32.2 Å². The second-order valence-electron chi connectivity index (χ2n) is 19.0. The van der Waals surface area contributed by atoms with Gasteiger partial charge in [-0.25, -0.2) is 14.8 Å². The standard InChI is InChI=1S/C55H55N9O8S/c1-31-27-35(72-26-8-9-33-22-24-63(32(2)28-33)30-47(66)56-43-19-16-39-48(40-18-21-46(65)59-53(40)68)61-62(3)50(39)51(43)71-4)14-15-36(31)37-17-20-45(58-49(37)54(69)70)64-25-23-34-10-7-11-38(41(34)29-64)52(67)60-55-57-42-12-5-6-13-44(42)73-55/h5-6,11-17,19-20,27,32-33,40H,8-9,18,21-26,28-30H2,1-4H3,(H,56,66)(H,69,70)(H,57,60,67)(H,59,65,68)/t32-,33-,40?/m1/s1. The zero-order valence-electron chi connectivity index (χ0n) is 41.0. The lowest BCUT2D eigenvalue weighted by molar-refractivity contribution is -0.134. The number of para-hydroxylation sites is 1. The van der Waals surface area contributed by atoms with Gasteiger partial charge in [-0.15, -0.1) is 0 Å². The van der Waals surface area contributed by atoms with Crippen LogP contribution in [0, 0.1) is 25.0 Å². The third kappa shape index (κ3) is 10.2. The van der Waals surface area contributed by atoms with Gasteiger partial charge in [-0.05, 0) is 130 Å². The Labute approximate surface area is 425 Å². The summed E-state index contributed by atoms with van der Waals surface area (Å²) in [6.07, 6.45) is 4.98. The van der Waals surface area contributed by atoms with E-state index in [1.54, 1.807) is 29.9 Å². The molecule has 4 N–H and O–H groups in total. The minimum Gasteiger partial charge on any atom is -0.494 e. The van der Waals surface area contributed by atoms with E-state index >= 15 is 0 Å². The van der Waals surface area contributed by atoms with Gasteiger partial charge in [-0.2, -0.15) is 5.10 Å². The van der Waals surface area contributed by atoms with Crippen molar-refractivity contribution in [3.05, 3.63) is 119 Å². The maximum atomic E-state index is 13.6. The number of benzene rings is 3. The van der Waals surface area contributed by atoms with Crippen LogP contribution in [0.4, 0.5) is 16.6 Å². The van der Waals surface area contributed by atoms with E-state index in [2.05, 4.69) is 55.0 Å². The summed E-state index contributed by atoms with van der Waals surface area (Å²) >= 11 is 1.41. The van der Waals surface area contributed by atoms with Crippen molar-refractivity contribution in [2.75, 3.05) is 48.9 Å². The molecule has 374 valence electrons. The number of aryl methyl sites for hydroxylation is 2. The van der Waals surface area contributed by atoms with Crippen molar-refractivity contribution in [1.29, 1.82) is 0 Å². The van der Waals surface area contributed by atoms with E-state index in [0.717, 1.165) is 70.1 Å². The van der Waals surface area contributed by atoms with Gasteiger partial charge in [0.05, 0.1) is 53.3 Å². The molecule has 3 aromatic heterocycles. The molecule has 4 aromatic carbocycles. The van der Waals surface area contributed by atoms with E-state index < -0.39 is 11.9 Å². The van der Waals surface area contributed by atoms with Gasteiger partial charge in [0.25, 0.3) is 5.91 Å². The molecule has 3 aliphatic rings. The van der Waals surface area contributed by atoms with Crippen LogP contribution >= 0.6 is 11.3 Å². The number of fused-ring (bicyclic) bond motifs is 3. The number of nitrogens with one attached hydrogen (secondary N) is 3. The lowest BCUT2D eigenvalue weighted by Gasteiger charge is -2.37. The highest BCUT2D eigenvalue weighted by Crippen LogP contribution is 2.39. The van der Waals surface area contributed by atoms with Crippen molar-refractivity contribution < 1.29 is 38.6 Å². The number of rotatable bonds is 15. The number of piperidine rings is 2. The van der Waals surface area contributed by atoms with Crippen LogP contribution in [0.15, 0.2) is 72.8 Å². The number of carbonyl (C=O) groups is 5. The number of hydrogen-bond acceptors (Lipinski definition) is 13. The first-order chi connectivity index (χ1) is 35.3. The Hall–Kier alpha value is -7.88. The maximum Gasteiger partial charge on any atom is 0.355 e. The van der Waals surface area contributed by atoms with E-state index in [1.807, 2.05) is 66.4 Å². The molecule has 3 atom stereocenters. The zero-order chi connectivity index (χ0) is 50.9. The van der Waals surface area contributed by atoms with Crippen LogP contribution in [-0.4, -0.2) is 98.7 Å². The number of anilines is 3. The first-order valence-corrected chi connectivity index (χ1v) is 25.4. The number of thiazole rings is 1. The molecule has 10 rings (SSSR count). The number of aromatic nitrogens is 4. The molecule has 0 aliphatic carbocycles. The van der Waals surface area contributed by atoms with E-state index in [9.17, 15) is 29.1 Å². The van der Waals surface area contributed by atoms with Crippen molar-refractivity contribution in [2.24, 2.45) is 13.0 Å². The highest BCUT2D eigenvalue weighted by molar-refractivity contribution is 7.22. The van der Waals surface area contributed by atoms with Gasteiger partial charge in [0.1, 0.15) is 17.1 Å². The highest BCUT2D eigenvalue weighted by atomic mass is 32.1. The number of imide groups is 1. The molecule has 6 heterocycles. The molecule has 0 bridgehead atoms. The molecule has 2 fully saturated rings. The van der Waals surface area contributed by atoms with Crippen molar-refractivity contribution >= 4 is 78.7 Å². The number of methoxy groups -OCH3 is 1. The Morgan fingerprint density at radius 1 is 0.986 bits per heavy atom. The number of carboxylic acids is 1. The largest absolute Gasteiger partial charge is 0.494 e. The van der Waals surface area contributed by atoms with Gasteiger partial charge in [0.15, 0.2) is 16.6 Å². The van der Waals surface area contributed by atoms with Crippen LogP contribution in [0.3, 0.4) is 0 Å². The molecule has 3 aliphatic heterocycles. The summed E-state index contributed by atoms with van der Waals surface area (Å²) in [5.41, 5.74) is 6.75. The van der Waals surface area contributed by atoms with Crippen molar-refractivity contribution in [3.63, 3.8) is 0 Å². The van der Waals surface area contributed by atoms with Gasteiger partial charge in [0.2, 0.25) is 17.7 Å². The quantitative estimate of drug-likeness (QED) is 0.0566. The number of carbonyl (C=O) groups excluding carboxylic acids is 4. The summed E-state index contributed by atoms with van der Waals surface area (Å²) < 4.78 is 14.6. The normalized spacial score (nSPS) is 18.0. The molecular formula is C55H55N9O8S. The van der Waals surface area contributed by atoms with E-state index in [0.29, 0.717) is 88.9 Å². The Morgan fingerprint density at radius 3 is 2.60 bits per heavy atom. The van der Waals surface area contributed by atoms with Gasteiger partial charge in [-0.3, -0.25) is 39.4 Å². The predicted molar refractivity (Wildman–Crippen MR) is 277 cm³/mol. The highest BCUT2D eigenvalue weighted by Gasteiger charge is 2.33. The number of hydrogen-bond donors (Lipinski definition) is 4. The van der Waals surface area contributed by atoms with Crippen LogP contribution in [-0.2, 0) is 34.4 Å². The number of carboxylic acid groups (broad SMARTS) is 1. The van der Waals surface area contributed by atoms with Crippen LogP contribution in [0.2, 0.25) is 0 Å². The Balaban J connectivity index is 0.709. The SMILES string of the molecule is COc1c(NC(=O)CN2CC[C@@H](CCCOc3ccc(-c4ccc(N5CCc6c#ccc(C(=O)Nc7nc8ccccc8s7)c6C5)nc4C(=O)O)c(C)c3)C[C@H]2C)ccc2c(C3CCC(=O)NC3=O)nn(C)c12. The number of nitrogens with zero attached hydrogens (tertiary/aromatic N) is 6. The number of amides is 4. The molecule has 7 aromatic rings. The summed E-state index contributed by atoms with van der Waals surface area (Å²) in [7, 11) is 3.31. The number of ether oxygens (including phenoxy) is 2. The van der Waals surface area contributed by atoms with Crippen molar-refractivity contribution in [2.45, 2.75) is 77.3 Å². The Kier molecular flexibility index (Phi) is 13.8. The summed E-state index contributed by atoms with van der Waals surface area (Å²) in [6.45, 7) is 6.56. The van der Waals surface area contributed by atoms with Crippen molar-refractivity contribution in [1.82, 2.24) is 30.0 Å². The molecule has 18 heteroatoms. The molecule has 0 radical (unpaired) electrons. The first-order valence-electron chi connectivity index (χ1n) is 24.6. The molecule has 0 spiro atoms. The fraction of sp³-hybridized carbons (Fsp3) is 0.345. The van der Waals surface area contributed by atoms with E-state index in [-0.39, 0.29) is 48.3 Å². The lowest BCUT2D eigenvalue weighted by atomic mass is 9.88. The van der Waals surface area contributed by atoms with E-state index in [4.69, 9.17) is 9.47 Å². The second-order valence-corrected chi connectivity index (χ2v) is 20.1. The lowest BCUT2D eigenvalue weighted by Crippen LogP contribution is -2.44. The van der Waals surface area contributed by atoms with Gasteiger partial charge >= 0.3 is 5.97 Å². The predicted octanol–water partition coefficient (Wildman–Crippen LogP) is 8.09. The summed E-state index contributed by atoms with van der Waals surface area (Å²) in [6, 6.07) is 28.7. The molecule has 2 saturated heterocycles. The van der Waals surface area contributed by atoms with Gasteiger partial charge in [-0.1, -0.05) is 41.7 Å². The maximum absolute atomic E-state index is 13.6. The fourth-order valence-corrected chi connectivity index (χ4v) is 11.4. The first kappa shape index (κ1) is 48.7. The second kappa shape index (κ2) is 20.7. The smallest absolute Gasteiger partial charge is 0.355 e. The Morgan fingerprint density at radius 2 is 1.82 bits per heavy atom. The summed E-state index contributed by atoms with van der Waals surface area (Å²) in [5, 5.41) is 24.7. The van der Waals surface area contributed by atoms with Crippen molar-refractivity contribution in [3.8, 4) is 22.6 Å². The monoisotopic (exact) mass is 1000 g/mol. The summed E-state index contributed by atoms with van der Waals surface area (Å²) in [5.74, 6) is -0.638. The van der Waals surface area contributed by atoms with Crippen LogP contribution in [0.1, 0.15) is 94.6 Å². The average Bonchev–Trinajstić information content (AvgIpc) is 3.95. The molecule has 73 heavy (non-hydrogen) atoms. The van der Waals surface area contributed by atoms with Crippen LogP contribution < -0.4 is 30.3 Å². The van der Waals surface area contributed by atoms with E-state index in [1.165, 1.54) is 18.4 Å². The molecule has 4 amide bonds. The van der Waals surface area contributed by atoms with Gasteiger partial charge < -0.3 is 24.8 Å². The number of pyridine rings is 1. The Bertz CT molecular complexity index is 3280. The zero-order valence-corrected chi connectivity index (χ0v) is 41.9. The fourth-order valence-electron chi connectivity index (χ4n) is 10.6. The minimum absolute atomic E-state index is 0.0611. The summed E-state index contributed by atoms with van der Waals surface area (Å²) in [4.78, 5) is 77.7. The molecule has 17 nitrogen and oxygen atoms in total. The molecular weight excluding hydrogens is 947 g/mol. The third-order valence-corrected chi connectivity index (χ3v) is 15.2. The number of likely N-dealkylation sites (tertiary alicyclic amines) is 1. The van der Waals surface area contributed by atoms with Crippen LogP contribution in [0.5, 0.6) is 11.5 Å². The average molecular weight is 1000 g/mol. The topological polar surface area (TPSA) is 210 Å². The van der Waals surface area contributed by atoms with Gasteiger partial charge in [0, 0.05) is 55.2 Å². The molecule has 1 unspecified atom stereocenters. The number of aromatic carboxylic acids is 1. The third-order valence-electron chi connectivity index (χ3n) is 14.3. The molecule has 0 saturated carbocycles.